The zero-order chi connectivity index (χ0) is 70.0. The number of rotatable bonds is 8. The molecule has 9 N–H and O–H groups in total. The van der Waals surface area contributed by atoms with Gasteiger partial charge in [0.05, 0.1) is 23.0 Å². The Kier molecular flexibility index (Phi) is 20.2. The van der Waals surface area contributed by atoms with Gasteiger partial charge in [-0.2, -0.15) is 15.0 Å². The first kappa shape index (κ1) is 69.9. The molecule has 29 nitrogen and oxygen atoms in total. The maximum Gasteiger partial charge on any atom is 0.410 e. The first-order chi connectivity index (χ1) is 47.3. The molecule has 532 valence electrons. The fraction of sp³-hybridized carbons (Fsp3) is 0.629. The second kappa shape index (κ2) is 28.7. The van der Waals surface area contributed by atoms with E-state index in [0.717, 1.165) is 137 Å². The number of carboxylic acids is 1. The highest BCUT2D eigenvalue weighted by molar-refractivity contribution is 6.01. The number of anilines is 3. The third kappa shape index (κ3) is 15.4. The number of ether oxygens (including phenoxy) is 2. The summed E-state index contributed by atoms with van der Waals surface area (Å²) >= 11 is 0. The van der Waals surface area contributed by atoms with Gasteiger partial charge >= 0.3 is 18.2 Å². The molecule has 3 saturated heterocycles. The van der Waals surface area contributed by atoms with Crippen LogP contribution in [0.3, 0.4) is 0 Å². The van der Waals surface area contributed by atoms with E-state index >= 15 is 0 Å². The van der Waals surface area contributed by atoms with E-state index < -0.39 is 23.3 Å². The van der Waals surface area contributed by atoms with Crippen molar-refractivity contribution in [2.75, 3.05) is 55.6 Å². The van der Waals surface area contributed by atoms with Crippen molar-refractivity contribution in [2.45, 2.75) is 242 Å². The number of aliphatic carboxylic acids is 1. The predicted molar refractivity (Wildman–Crippen MR) is 369 cm³/mol. The fourth-order valence-electron chi connectivity index (χ4n) is 16.3. The summed E-state index contributed by atoms with van der Waals surface area (Å²) in [5.41, 5.74) is 8.43. The van der Waals surface area contributed by atoms with Crippen LogP contribution in [0.1, 0.15) is 227 Å². The van der Waals surface area contributed by atoms with Gasteiger partial charge in [-0.1, -0.05) is 57.8 Å². The van der Waals surface area contributed by atoms with Gasteiger partial charge in [-0.25, -0.2) is 24.5 Å². The molecule has 6 aromatic heterocycles. The van der Waals surface area contributed by atoms with E-state index in [1.807, 2.05) is 39.0 Å². The molecule has 6 fully saturated rings. The maximum absolute atomic E-state index is 12.9. The van der Waals surface area contributed by atoms with Gasteiger partial charge in [-0.15, -0.1) is 0 Å². The van der Waals surface area contributed by atoms with Crippen molar-refractivity contribution in [3.63, 3.8) is 0 Å². The van der Waals surface area contributed by atoms with E-state index in [2.05, 4.69) is 75.5 Å². The summed E-state index contributed by atoms with van der Waals surface area (Å²) < 4.78 is 17.1. The molecule has 99 heavy (non-hydrogen) atoms. The van der Waals surface area contributed by atoms with Crippen LogP contribution in [0, 0.1) is 0 Å². The van der Waals surface area contributed by atoms with Crippen molar-refractivity contribution in [3.8, 4) is 0 Å². The van der Waals surface area contributed by atoms with Crippen LogP contribution in [-0.4, -0.2) is 175 Å². The normalized spacial score (nSPS) is 21.9. The van der Waals surface area contributed by atoms with Crippen LogP contribution >= 0.6 is 0 Å². The van der Waals surface area contributed by atoms with Gasteiger partial charge < -0.3 is 65.1 Å². The van der Waals surface area contributed by atoms with Crippen LogP contribution < -0.4 is 37.6 Å². The summed E-state index contributed by atoms with van der Waals surface area (Å²) in [4.78, 5) is 127. The highest BCUT2D eigenvalue weighted by atomic mass is 16.6. The number of nitrogens with one attached hydrogen (secondary N) is 6. The molecule has 0 unspecified atom stereocenters. The molecular weight excluding hydrogens is 1270 g/mol. The van der Waals surface area contributed by atoms with Crippen LogP contribution in [0.5, 0.6) is 0 Å². The Morgan fingerprint density at radius 1 is 0.525 bits per heavy atom. The second-order valence-corrected chi connectivity index (χ2v) is 30.3. The highest BCUT2D eigenvalue weighted by Crippen LogP contribution is 2.44. The predicted octanol–water partition coefficient (Wildman–Crippen LogP) is 8.75. The molecule has 9 aliphatic rings. The molecule has 3 saturated carbocycles. The minimum atomic E-state index is -0.875. The number of carbonyl (C=O) groups excluding carboxylic acids is 7. The molecular formula is C70H96N18O11. The zero-order valence-corrected chi connectivity index (χ0v) is 57.9. The SMILES string of the molecule is CC(C)(C)OC(=O)N1CCC[C@@H]1CC(=O)Nc1ncc2cc3n(c2n1)C1(CCCCC1)CNC3=O.CC(C)(C)OC(=O)N1CCC[C@@H]1CC(=O)O.Nc1ncc2cc3n(c2n1)C1(CCCCC1)CNC3=O.O=C(C[C@H]1CCCN1)Nc1ncc2cc3n(c2n1)C1(CCCCC1)CNC3=O. The summed E-state index contributed by atoms with van der Waals surface area (Å²) in [6.45, 7) is 15.0. The van der Waals surface area contributed by atoms with E-state index in [-0.39, 0.29) is 95.1 Å². The highest BCUT2D eigenvalue weighted by Gasteiger charge is 2.45. The first-order valence-corrected chi connectivity index (χ1v) is 35.6. The quantitative estimate of drug-likeness (QED) is 0.0705. The Balaban J connectivity index is 0.000000131. The summed E-state index contributed by atoms with van der Waals surface area (Å²) in [6.07, 6.45) is 26.9. The molecule has 7 amide bonds. The molecule has 12 heterocycles. The number of hydrogen-bond acceptors (Lipinski definition) is 18. The number of aromatic nitrogens is 9. The number of nitrogen functional groups attached to an aromatic ring is 1. The fourth-order valence-corrected chi connectivity index (χ4v) is 16.3. The van der Waals surface area contributed by atoms with Gasteiger partial charge in [0.2, 0.25) is 29.7 Å². The van der Waals surface area contributed by atoms with Crippen molar-refractivity contribution in [1.82, 2.24) is 74.7 Å². The lowest BCUT2D eigenvalue weighted by atomic mass is 9.80. The van der Waals surface area contributed by atoms with Crippen LogP contribution in [-0.2, 0) is 40.5 Å². The van der Waals surface area contributed by atoms with Crippen molar-refractivity contribution in [2.24, 2.45) is 0 Å². The molecule has 0 aromatic carbocycles. The number of nitrogens with zero attached hydrogens (tertiary/aromatic N) is 11. The first-order valence-electron chi connectivity index (χ1n) is 35.6. The molecule has 3 atom stereocenters. The van der Waals surface area contributed by atoms with Gasteiger partial charge in [0.15, 0.2) is 0 Å². The van der Waals surface area contributed by atoms with Crippen molar-refractivity contribution >= 4 is 98.6 Å². The van der Waals surface area contributed by atoms with Crippen molar-refractivity contribution < 1.29 is 52.9 Å². The van der Waals surface area contributed by atoms with Crippen LogP contribution in [0.25, 0.3) is 33.1 Å². The summed E-state index contributed by atoms with van der Waals surface area (Å²) in [7, 11) is 0. The number of carbonyl (C=O) groups is 8. The summed E-state index contributed by atoms with van der Waals surface area (Å²) in [5, 5.41) is 29.4. The number of amides is 7. The topological polar surface area (TPSA) is 372 Å². The monoisotopic (exact) mass is 1360 g/mol. The molecule has 3 aliphatic carbocycles. The van der Waals surface area contributed by atoms with Gasteiger partial charge in [-0.05, 0) is 143 Å². The molecule has 6 aromatic rings. The molecule has 3 spiro atoms. The lowest BCUT2D eigenvalue weighted by Gasteiger charge is -2.42. The molecule has 29 heteroatoms. The Bertz CT molecular complexity index is 4050. The van der Waals surface area contributed by atoms with Gasteiger partial charge in [-0.3, -0.25) is 39.4 Å². The average molecular weight is 1370 g/mol. The Morgan fingerprint density at radius 2 is 0.909 bits per heavy atom. The van der Waals surface area contributed by atoms with Crippen LogP contribution in [0.4, 0.5) is 27.4 Å². The Morgan fingerprint density at radius 3 is 1.29 bits per heavy atom. The number of nitrogens with two attached hydrogens (primary N) is 1. The van der Waals surface area contributed by atoms with Crippen LogP contribution in [0.2, 0.25) is 0 Å². The Labute approximate surface area is 575 Å². The van der Waals surface area contributed by atoms with Gasteiger partial charge in [0, 0.05) is 98.4 Å². The van der Waals surface area contributed by atoms with E-state index in [1.54, 1.807) is 44.3 Å². The summed E-state index contributed by atoms with van der Waals surface area (Å²) in [6, 6.07) is 5.38. The Hall–Kier alpha value is -9.02. The van der Waals surface area contributed by atoms with E-state index in [9.17, 15) is 38.4 Å². The van der Waals surface area contributed by atoms with E-state index in [4.69, 9.17) is 20.3 Å². The summed E-state index contributed by atoms with van der Waals surface area (Å²) in [5.74, 6) is -0.612. The second-order valence-electron chi connectivity index (χ2n) is 30.3. The minimum absolute atomic E-state index is 0.000751. The van der Waals surface area contributed by atoms with Gasteiger partial charge in [0.1, 0.15) is 45.2 Å². The zero-order valence-electron chi connectivity index (χ0n) is 57.9. The lowest BCUT2D eigenvalue weighted by Crippen LogP contribution is -2.52. The number of carboxylic acid groups (broad SMARTS) is 1. The van der Waals surface area contributed by atoms with E-state index in [0.29, 0.717) is 67.8 Å². The minimum Gasteiger partial charge on any atom is -0.481 e. The average Bonchev–Trinajstić information content (AvgIpc) is 1.63. The molecule has 15 rings (SSSR count). The number of fused-ring (bicyclic) bond motifs is 12. The van der Waals surface area contributed by atoms with Gasteiger partial charge in [0.25, 0.3) is 17.7 Å². The largest absolute Gasteiger partial charge is 0.481 e. The third-order valence-corrected chi connectivity index (χ3v) is 20.8. The third-order valence-electron chi connectivity index (χ3n) is 20.8. The number of likely N-dealkylation sites (tertiary alicyclic amines) is 2. The van der Waals surface area contributed by atoms with Crippen molar-refractivity contribution in [1.29, 1.82) is 0 Å². The smallest absolute Gasteiger partial charge is 0.410 e. The van der Waals surface area contributed by atoms with E-state index in [1.165, 1.54) is 37.0 Å². The molecule has 6 aliphatic heterocycles. The maximum atomic E-state index is 12.9. The van der Waals surface area contributed by atoms with Crippen molar-refractivity contribution in [3.05, 3.63) is 53.9 Å². The number of hydrogen-bond donors (Lipinski definition) is 8. The lowest BCUT2D eigenvalue weighted by molar-refractivity contribution is -0.138. The molecule has 0 bridgehead atoms. The van der Waals surface area contributed by atoms with Crippen LogP contribution in [0.15, 0.2) is 36.8 Å². The standard InChI is InChI=1S/C25H34N6O4.C20H26N6O2.C14H17N5O.C11H19NO4/c1-24(2,3)35-23(34)30-11-7-8-17(30)13-19(32)28-22-26-14-16-12-18-21(33)27-15-25(9-5-4-6-10-25)31(18)20(16)29-22;27-16(10-14-5-4-8-21-14)24-19-22-11-13-9-15-18(28)23-12-20(6-2-1-3-7-20)26(15)17(13)25-19;15-13-16-7-9-6-10-12(20)17-8-14(4-2-1-3-5-14)19(10)11(9)18-13;1-11(2,3)16-10(15)12-6-4-5-8(12)7-9(13)14/h12,14,17H,4-11,13,15H2,1-3H3,(H,27,33)(H,26,28,29,32);9,11,14,21H,1-8,10,12H2,(H,23,28)(H,22,24,25,27);6-7H,1-5,8H2,(H,17,20)(H2,15,16,18);8H,4-7H2,1-3H3,(H,13,14)/t17-;14-;;8-/m11.1/s1. The molecule has 0 radical (unpaired) electrons.